The van der Waals surface area contributed by atoms with E-state index in [1.807, 2.05) is 6.07 Å². The van der Waals surface area contributed by atoms with Crippen molar-refractivity contribution in [2.45, 2.75) is 6.92 Å². The predicted molar refractivity (Wildman–Crippen MR) is 95.9 cm³/mol. The molecule has 0 unspecified atom stereocenters. The average molecular weight is 330 g/mol. The second kappa shape index (κ2) is 4.48. The summed E-state index contributed by atoms with van der Waals surface area (Å²) in [5.41, 5.74) is 1.20. The van der Waals surface area contributed by atoms with Crippen LogP contribution in [-0.4, -0.2) is 13.6 Å². The molecule has 2 aliphatic heterocycles. The van der Waals surface area contributed by atoms with Gasteiger partial charge >= 0.3 is 0 Å². The molecule has 0 bridgehead atoms. The van der Waals surface area contributed by atoms with Crippen molar-refractivity contribution in [3.63, 3.8) is 0 Å². The van der Waals surface area contributed by atoms with Crippen LogP contribution in [0.25, 0.3) is 32.3 Å². The molecule has 4 nitrogen and oxygen atoms in total. The van der Waals surface area contributed by atoms with Gasteiger partial charge in [-0.15, -0.1) is 0 Å². The first-order chi connectivity index (χ1) is 12.3. The summed E-state index contributed by atoms with van der Waals surface area (Å²) in [6.07, 6.45) is 0. The Hall–Kier alpha value is -3.14. The van der Waals surface area contributed by atoms with Gasteiger partial charge in [0.2, 0.25) is 13.6 Å². The summed E-state index contributed by atoms with van der Waals surface area (Å²) in [4.78, 5) is 0. The molecular formula is C21H14O4. The normalized spacial score (nSPS) is 14.8. The van der Waals surface area contributed by atoms with E-state index in [1.54, 1.807) is 0 Å². The minimum Gasteiger partial charge on any atom is -0.454 e. The van der Waals surface area contributed by atoms with E-state index in [1.165, 1.54) is 27.1 Å². The molecule has 6 rings (SSSR count). The lowest BCUT2D eigenvalue weighted by Crippen LogP contribution is -1.93. The van der Waals surface area contributed by atoms with Crippen LogP contribution in [0, 0.1) is 6.92 Å². The van der Waals surface area contributed by atoms with Gasteiger partial charge < -0.3 is 18.9 Å². The van der Waals surface area contributed by atoms with Crippen molar-refractivity contribution in [3.05, 3.63) is 48.0 Å². The zero-order valence-electron chi connectivity index (χ0n) is 13.6. The quantitative estimate of drug-likeness (QED) is 0.429. The number of fused-ring (bicyclic) bond motifs is 8. The smallest absolute Gasteiger partial charge is 0.231 e. The zero-order valence-corrected chi connectivity index (χ0v) is 13.6. The molecule has 2 heterocycles. The minimum absolute atomic E-state index is 0.284. The lowest BCUT2D eigenvalue weighted by molar-refractivity contribution is 0.174. The van der Waals surface area contributed by atoms with Crippen LogP contribution in [0.5, 0.6) is 23.0 Å². The van der Waals surface area contributed by atoms with Crippen LogP contribution in [0.3, 0.4) is 0 Å². The summed E-state index contributed by atoms with van der Waals surface area (Å²) >= 11 is 0. The van der Waals surface area contributed by atoms with Crippen LogP contribution in [-0.2, 0) is 0 Å². The van der Waals surface area contributed by atoms with E-state index >= 15 is 0 Å². The highest BCUT2D eigenvalue weighted by Gasteiger charge is 2.20. The second-order valence-electron chi connectivity index (χ2n) is 6.50. The maximum Gasteiger partial charge on any atom is 0.231 e. The Bertz CT molecular complexity index is 1210. The van der Waals surface area contributed by atoms with Crippen molar-refractivity contribution >= 4 is 32.3 Å². The van der Waals surface area contributed by atoms with Crippen molar-refractivity contribution in [2.75, 3.05) is 13.6 Å². The van der Waals surface area contributed by atoms with Crippen LogP contribution in [0.2, 0.25) is 0 Å². The van der Waals surface area contributed by atoms with E-state index in [0.717, 1.165) is 33.8 Å². The van der Waals surface area contributed by atoms with Gasteiger partial charge in [-0.1, -0.05) is 12.1 Å². The fraction of sp³-hybridized carbons (Fsp3) is 0.143. The minimum atomic E-state index is 0.284. The number of hydrogen-bond donors (Lipinski definition) is 0. The van der Waals surface area contributed by atoms with Gasteiger partial charge in [-0.2, -0.15) is 0 Å². The molecule has 0 amide bonds. The van der Waals surface area contributed by atoms with Gasteiger partial charge in [0.25, 0.3) is 0 Å². The summed E-state index contributed by atoms with van der Waals surface area (Å²) in [6, 6.07) is 14.8. The Morgan fingerprint density at radius 3 is 2.32 bits per heavy atom. The van der Waals surface area contributed by atoms with E-state index in [-0.39, 0.29) is 13.6 Å². The highest BCUT2D eigenvalue weighted by atomic mass is 16.7. The lowest BCUT2D eigenvalue weighted by Gasteiger charge is -2.12. The third kappa shape index (κ3) is 1.66. The standard InChI is InChI=1S/C21H14O4/c1-11-6-16-13(4-5-17-21(16)25-10-22-17)14-3-2-12-7-18-19(24-9-23-18)8-15(12)20(11)14/h2-8H,9-10H2,1H3. The van der Waals surface area contributed by atoms with E-state index < -0.39 is 0 Å². The fourth-order valence-corrected chi connectivity index (χ4v) is 4.02. The van der Waals surface area contributed by atoms with Crippen LogP contribution in [0.4, 0.5) is 0 Å². The number of benzene rings is 4. The van der Waals surface area contributed by atoms with Crippen LogP contribution < -0.4 is 18.9 Å². The van der Waals surface area contributed by atoms with Gasteiger partial charge in [0.1, 0.15) is 0 Å². The Morgan fingerprint density at radius 1 is 0.640 bits per heavy atom. The number of ether oxygens (including phenoxy) is 4. The van der Waals surface area contributed by atoms with Gasteiger partial charge in [0.15, 0.2) is 23.0 Å². The molecule has 4 aromatic carbocycles. The summed E-state index contributed by atoms with van der Waals surface area (Å²) < 4.78 is 22.3. The molecule has 25 heavy (non-hydrogen) atoms. The monoisotopic (exact) mass is 330 g/mol. The maximum absolute atomic E-state index is 5.70. The molecule has 0 fully saturated rings. The van der Waals surface area contributed by atoms with Crippen LogP contribution in [0.1, 0.15) is 5.56 Å². The largest absolute Gasteiger partial charge is 0.454 e. The van der Waals surface area contributed by atoms with Crippen molar-refractivity contribution < 1.29 is 18.9 Å². The molecule has 0 atom stereocenters. The Labute approximate surface area is 143 Å². The molecule has 0 aromatic heterocycles. The molecule has 122 valence electrons. The topological polar surface area (TPSA) is 36.9 Å². The highest BCUT2D eigenvalue weighted by Crippen LogP contribution is 2.45. The van der Waals surface area contributed by atoms with E-state index in [0.29, 0.717) is 0 Å². The first-order valence-electron chi connectivity index (χ1n) is 8.27. The molecule has 0 saturated carbocycles. The van der Waals surface area contributed by atoms with E-state index in [9.17, 15) is 0 Å². The van der Waals surface area contributed by atoms with Crippen LogP contribution >= 0.6 is 0 Å². The molecule has 0 aliphatic carbocycles. The van der Waals surface area contributed by atoms with Crippen molar-refractivity contribution in [3.8, 4) is 23.0 Å². The zero-order chi connectivity index (χ0) is 16.5. The molecule has 4 aromatic rings. The third-order valence-electron chi connectivity index (χ3n) is 5.14. The molecule has 0 saturated heterocycles. The first-order valence-corrected chi connectivity index (χ1v) is 8.27. The fourth-order valence-electron chi connectivity index (χ4n) is 4.02. The lowest BCUT2D eigenvalue weighted by atomic mass is 9.93. The van der Waals surface area contributed by atoms with Crippen molar-refractivity contribution in [2.24, 2.45) is 0 Å². The third-order valence-corrected chi connectivity index (χ3v) is 5.14. The Kier molecular flexibility index (Phi) is 2.36. The Balaban J connectivity index is 1.79. The van der Waals surface area contributed by atoms with Crippen molar-refractivity contribution in [1.82, 2.24) is 0 Å². The number of rotatable bonds is 0. The molecule has 0 N–H and O–H groups in total. The predicted octanol–water partition coefficient (Wildman–Crippen LogP) is 4.91. The molecule has 0 spiro atoms. The van der Waals surface area contributed by atoms with E-state index in [4.69, 9.17) is 18.9 Å². The molecular weight excluding hydrogens is 316 g/mol. The number of aryl methyl sites for hydroxylation is 1. The van der Waals surface area contributed by atoms with Gasteiger partial charge in [-0.25, -0.2) is 0 Å². The maximum atomic E-state index is 5.70. The first kappa shape index (κ1) is 13.2. The van der Waals surface area contributed by atoms with Gasteiger partial charge in [-0.05, 0) is 69.8 Å². The SMILES string of the molecule is Cc1cc2c3c(ccc2c2ccc4cc5c(cc4c12)OCO5)OCO3. The summed E-state index contributed by atoms with van der Waals surface area (Å²) in [5.74, 6) is 3.28. The van der Waals surface area contributed by atoms with Gasteiger partial charge in [0.05, 0.1) is 0 Å². The highest BCUT2D eigenvalue weighted by molar-refractivity contribution is 6.20. The molecule has 4 heteroatoms. The summed E-state index contributed by atoms with van der Waals surface area (Å²) in [6.45, 7) is 2.71. The van der Waals surface area contributed by atoms with Gasteiger partial charge in [0, 0.05) is 5.39 Å². The Morgan fingerprint density at radius 2 is 1.40 bits per heavy atom. The van der Waals surface area contributed by atoms with Crippen molar-refractivity contribution in [1.29, 1.82) is 0 Å². The van der Waals surface area contributed by atoms with Crippen LogP contribution in [0.15, 0.2) is 42.5 Å². The van der Waals surface area contributed by atoms with E-state index in [2.05, 4.69) is 43.3 Å². The average Bonchev–Trinajstić information content (AvgIpc) is 3.28. The second-order valence-corrected chi connectivity index (χ2v) is 6.50. The van der Waals surface area contributed by atoms with Gasteiger partial charge in [-0.3, -0.25) is 0 Å². The summed E-state index contributed by atoms with van der Waals surface area (Å²) in [5, 5.41) is 7.05. The molecule has 2 aliphatic rings. The molecule has 0 radical (unpaired) electrons. The summed E-state index contributed by atoms with van der Waals surface area (Å²) in [7, 11) is 0. The number of hydrogen-bond acceptors (Lipinski definition) is 4.